The fourth-order valence-corrected chi connectivity index (χ4v) is 2.48. The molecule has 0 amide bonds. The molecule has 144 valence electrons. The quantitative estimate of drug-likeness (QED) is 0.267. The summed E-state index contributed by atoms with van der Waals surface area (Å²) in [5, 5.41) is 6.58. The molecule has 0 bridgehead atoms. The summed E-state index contributed by atoms with van der Waals surface area (Å²) < 4.78 is 12.7. The van der Waals surface area contributed by atoms with Crippen molar-refractivity contribution in [2.75, 3.05) is 33.1 Å². The van der Waals surface area contributed by atoms with Crippen LogP contribution < -0.4 is 20.1 Å². The number of hydrogen-bond donors (Lipinski definition) is 2. The lowest BCUT2D eigenvalue weighted by Crippen LogP contribution is -2.31. The van der Waals surface area contributed by atoms with E-state index in [-0.39, 0.29) is 24.0 Å². The minimum Gasteiger partial charge on any atom is -0.493 e. The first kappa shape index (κ1) is 22.1. The summed E-state index contributed by atoms with van der Waals surface area (Å²) in [5.74, 6) is 3.16. The van der Waals surface area contributed by atoms with Crippen molar-refractivity contribution in [3.8, 4) is 11.5 Å². The summed E-state index contributed by atoms with van der Waals surface area (Å²) in [6, 6.07) is 5.67. The maximum Gasteiger partial charge on any atom is 0.195 e. The molecule has 1 aromatic carbocycles. The summed E-state index contributed by atoms with van der Waals surface area (Å²) in [6.45, 7) is 3.85. The SMILES string of the molecule is CN=C(NCCCCn1ccnc1C)Nc1ccc(OC)c(OC)c1.I. The van der Waals surface area contributed by atoms with Crippen LogP contribution in [0.25, 0.3) is 0 Å². The van der Waals surface area contributed by atoms with Gasteiger partial charge in [-0.3, -0.25) is 4.99 Å². The molecular formula is C18H28IN5O2. The van der Waals surface area contributed by atoms with Gasteiger partial charge in [-0.05, 0) is 31.9 Å². The number of benzene rings is 1. The number of nitrogens with zero attached hydrogens (tertiary/aromatic N) is 3. The monoisotopic (exact) mass is 473 g/mol. The van der Waals surface area contributed by atoms with Gasteiger partial charge < -0.3 is 24.7 Å². The maximum absolute atomic E-state index is 5.32. The van der Waals surface area contributed by atoms with Gasteiger partial charge in [0.1, 0.15) is 5.82 Å². The van der Waals surface area contributed by atoms with Crippen molar-refractivity contribution < 1.29 is 9.47 Å². The standard InChI is InChI=1S/C18H27N5O2.HI/c1-14-20-10-12-23(14)11-6-5-9-21-18(19-2)22-15-7-8-16(24-3)17(13-15)25-4;/h7-8,10,12-13H,5-6,9,11H2,1-4H3,(H2,19,21,22);1H. The van der Waals surface area contributed by atoms with Crippen LogP contribution in [-0.2, 0) is 6.54 Å². The molecule has 26 heavy (non-hydrogen) atoms. The third kappa shape index (κ3) is 6.40. The van der Waals surface area contributed by atoms with Crippen LogP contribution in [0.15, 0.2) is 35.6 Å². The first-order chi connectivity index (χ1) is 12.2. The highest BCUT2D eigenvalue weighted by Crippen LogP contribution is 2.29. The predicted molar refractivity (Wildman–Crippen MR) is 116 cm³/mol. The Morgan fingerprint density at radius 3 is 2.58 bits per heavy atom. The van der Waals surface area contributed by atoms with Crippen molar-refractivity contribution in [2.24, 2.45) is 4.99 Å². The molecule has 0 unspecified atom stereocenters. The molecule has 1 aromatic heterocycles. The van der Waals surface area contributed by atoms with E-state index in [9.17, 15) is 0 Å². The van der Waals surface area contributed by atoms with E-state index in [0.29, 0.717) is 11.5 Å². The molecule has 7 nitrogen and oxygen atoms in total. The maximum atomic E-state index is 5.32. The highest BCUT2D eigenvalue weighted by atomic mass is 127. The lowest BCUT2D eigenvalue weighted by atomic mass is 10.2. The first-order valence-electron chi connectivity index (χ1n) is 8.35. The number of aliphatic imine (C=N–C) groups is 1. The van der Waals surface area contributed by atoms with E-state index in [1.54, 1.807) is 21.3 Å². The number of aromatic nitrogens is 2. The largest absolute Gasteiger partial charge is 0.493 e. The average Bonchev–Trinajstić information content (AvgIpc) is 3.05. The van der Waals surface area contributed by atoms with Crippen molar-refractivity contribution in [3.63, 3.8) is 0 Å². The number of methoxy groups -OCH3 is 2. The first-order valence-corrected chi connectivity index (χ1v) is 8.35. The normalized spacial score (nSPS) is 10.8. The number of unbranched alkanes of at least 4 members (excludes halogenated alkanes) is 1. The van der Waals surface area contributed by atoms with Gasteiger partial charge in [0.15, 0.2) is 17.5 Å². The second kappa shape index (κ2) is 11.6. The van der Waals surface area contributed by atoms with Gasteiger partial charge in [-0.25, -0.2) is 4.98 Å². The third-order valence-corrected chi connectivity index (χ3v) is 3.91. The van der Waals surface area contributed by atoms with Gasteiger partial charge in [0.05, 0.1) is 14.2 Å². The number of halogens is 1. The average molecular weight is 473 g/mol. The number of guanidine groups is 1. The molecule has 0 aliphatic rings. The molecule has 1 heterocycles. The highest BCUT2D eigenvalue weighted by molar-refractivity contribution is 14.0. The van der Waals surface area contributed by atoms with Gasteiger partial charge in [0.2, 0.25) is 0 Å². The van der Waals surface area contributed by atoms with Gasteiger partial charge in [0, 0.05) is 44.3 Å². The van der Waals surface area contributed by atoms with E-state index < -0.39 is 0 Å². The van der Waals surface area contributed by atoms with Crippen LogP contribution in [0.3, 0.4) is 0 Å². The number of nitrogens with one attached hydrogen (secondary N) is 2. The molecule has 0 spiro atoms. The second-order valence-corrected chi connectivity index (χ2v) is 5.57. The Morgan fingerprint density at radius 1 is 1.19 bits per heavy atom. The summed E-state index contributed by atoms with van der Waals surface area (Å²) in [6.07, 6.45) is 5.98. The van der Waals surface area contributed by atoms with Crippen LogP contribution in [0, 0.1) is 6.92 Å². The zero-order valence-corrected chi connectivity index (χ0v) is 18.1. The molecule has 0 aliphatic heterocycles. The van der Waals surface area contributed by atoms with Crippen molar-refractivity contribution in [2.45, 2.75) is 26.3 Å². The molecule has 2 aromatic rings. The summed E-state index contributed by atoms with van der Waals surface area (Å²) in [5.41, 5.74) is 0.889. The van der Waals surface area contributed by atoms with Crippen molar-refractivity contribution >= 4 is 35.6 Å². The van der Waals surface area contributed by atoms with Gasteiger partial charge >= 0.3 is 0 Å². The van der Waals surface area contributed by atoms with E-state index in [1.165, 1.54) is 0 Å². The van der Waals surface area contributed by atoms with Crippen LogP contribution in [0.2, 0.25) is 0 Å². The molecule has 2 rings (SSSR count). The topological polar surface area (TPSA) is 72.7 Å². The van der Waals surface area contributed by atoms with Crippen LogP contribution in [0.1, 0.15) is 18.7 Å². The molecule has 0 saturated carbocycles. The molecule has 2 N–H and O–H groups in total. The minimum atomic E-state index is 0. The van der Waals surface area contributed by atoms with Gasteiger partial charge in [-0.15, -0.1) is 24.0 Å². The van der Waals surface area contributed by atoms with Crippen LogP contribution in [0.4, 0.5) is 5.69 Å². The molecule has 0 atom stereocenters. The summed E-state index contributed by atoms with van der Waals surface area (Å²) in [4.78, 5) is 8.48. The number of anilines is 1. The molecule has 0 aliphatic carbocycles. The second-order valence-electron chi connectivity index (χ2n) is 5.57. The van der Waals surface area contributed by atoms with Crippen molar-refractivity contribution in [3.05, 3.63) is 36.4 Å². The smallest absolute Gasteiger partial charge is 0.195 e. The van der Waals surface area contributed by atoms with E-state index in [1.807, 2.05) is 37.5 Å². The Bertz CT molecular complexity index is 703. The molecule has 0 saturated heterocycles. The number of aryl methyl sites for hydroxylation is 2. The van der Waals surface area contributed by atoms with E-state index in [0.717, 1.165) is 43.4 Å². The minimum absolute atomic E-state index is 0. The molecule has 0 radical (unpaired) electrons. The summed E-state index contributed by atoms with van der Waals surface area (Å²) in [7, 11) is 5.00. The third-order valence-electron chi connectivity index (χ3n) is 3.91. The zero-order chi connectivity index (χ0) is 18.1. The zero-order valence-electron chi connectivity index (χ0n) is 15.8. The highest BCUT2D eigenvalue weighted by Gasteiger charge is 2.06. The number of imidazole rings is 1. The Labute approximate surface area is 172 Å². The van der Waals surface area contributed by atoms with Crippen LogP contribution >= 0.6 is 24.0 Å². The Hall–Kier alpha value is -1.97. The van der Waals surface area contributed by atoms with Crippen LogP contribution in [-0.4, -0.2) is 43.3 Å². The fraction of sp³-hybridized carbons (Fsp3) is 0.444. The van der Waals surface area contributed by atoms with Crippen molar-refractivity contribution in [1.29, 1.82) is 0 Å². The van der Waals surface area contributed by atoms with Gasteiger partial charge in [-0.1, -0.05) is 0 Å². The predicted octanol–water partition coefficient (Wildman–Crippen LogP) is 3.29. The number of rotatable bonds is 8. The fourth-order valence-electron chi connectivity index (χ4n) is 2.48. The molecular weight excluding hydrogens is 445 g/mol. The van der Waals surface area contributed by atoms with Gasteiger partial charge in [-0.2, -0.15) is 0 Å². The van der Waals surface area contributed by atoms with Crippen LogP contribution in [0.5, 0.6) is 11.5 Å². The molecule has 8 heteroatoms. The van der Waals surface area contributed by atoms with E-state index in [4.69, 9.17) is 9.47 Å². The Balaban J connectivity index is 0.00000338. The lowest BCUT2D eigenvalue weighted by Gasteiger charge is -2.14. The van der Waals surface area contributed by atoms with E-state index >= 15 is 0 Å². The number of hydrogen-bond acceptors (Lipinski definition) is 4. The molecule has 0 fully saturated rings. The Kier molecular flexibility index (Phi) is 9.85. The summed E-state index contributed by atoms with van der Waals surface area (Å²) >= 11 is 0. The number of ether oxygens (including phenoxy) is 2. The van der Waals surface area contributed by atoms with Gasteiger partial charge in [0.25, 0.3) is 0 Å². The van der Waals surface area contributed by atoms with Crippen molar-refractivity contribution in [1.82, 2.24) is 14.9 Å². The lowest BCUT2D eigenvalue weighted by molar-refractivity contribution is 0.355. The Morgan fingerprint density at radius 2 is 1.96 bits per heavy atom. The van der Waals surface area contributed by atoms with E-state index in [2.05, 4.69) is 25.2 Å².